The third kappa shape index (κ3) is 2.68. The number of carbonyl (C=O) groups is 1. The Labute approximate surface area is 187 Å². The molecule has 0 bridgehead atoms. The van der Waals surface area contributed by atoms with Gasteiger partial charge in [-0.3, -0.25) is 4.79 Å². The van der Waals surface area contributed by atoms with Crippen LogP contribution >= 0.6 is 0 Å². The van der Waals surface area contributed by atoms with Gasteiger partial charge in [-0.15, -0.1) is 0 Å². The van der Waals surface area contributed by atoms with Crippen LogP contribution in [0.2, 0.25) is 0 Å². The molecular weight excluding hydrogens is 388 g/mol. The highest BCUT2D eigenvalue weighted by Gasteiger charge is 2.69. The van der Waals surface area contributed by atoms with Gasteiger partial charge in [-0.2, -0.15) is 0 Å². The molecule has 2 aliphatic heterocycles. The second kappa shape index (κ2) is 6.67. The molecule has 0 amide bonds. The lowest BCUT2D eigenvalue weighted by molar-refractivity contribution is -0.272. The first-order chi connectivity index (χ1) is 14.7. The molecule has 3 saturated carbocycles. The first-order valence-electron chi connectivity index (χ1n) is 12.9. The van der Waals surface area contributed by atoms with Crippen molar-refractivity contribution in [2.24, 2.45) is 46.3 Å². The van der Waals surface area contributed by atoms with Gasteiger partial charge in [0, 0.05) is 18.3 Å². The van der Waals surface area contributed by atoms with Crippen LogP contribution < -0.4 is 0 Å². The summed E-state index contributed by atoms with van der Waals surface area (Å²) in [5.41, 5.74) is 1.48. The molecule has 4 aliphatic carbocycles. The lowest BCUT2D eigenvalue weighted by atomic mass is 9.46. The zero-order valence-corrected chi connectivity index (χ0v) is 19.7. The van der Waals surface area contributed by atoms with Gasteiger partial charge in [0.05, 0.1) is 18.8 Å². The maximum Gasteiger partial charge on any atom is 0.171 e. The van der Waals surface area contributed by atoms with Crippen molar-refractivity contribution in [3.63, 3.8) is 0 Å². The molecule has 11 atom stereocenters. The Bertz CT molecular complexity index is 810. The fraction of sp³-hybridized carbons (Fsp3) is 0.889. The Balaban J connectivity index is 1.32. The minimum Gasteiger partial charge on any atom is -0.393 e. The summed E-state index contributed by atoms with van der Waals surface area (Å²) in [6.45, 7) is 10.3. The standard InChI is InChI=1S/C27H40O4/c1-15-5-10-27(30-14-15)16(2)24-22(31-27)13-20-23-19(7-9-26(20,24)4)25(3)8-6-18(28)11-17(25)12-21(23)29/h12,15-16,18-20,22-24,28H,5-11,13-14H2,1-4H3/t15-,16+,18+,19+,20+,22+,23-,24+,25+,26+,27-/m1/s1. The molecule has 31 heavy (non-hydrogen) atoms. The number of ketones is 1. The van der Waals surface area contributed by atoms with Crippen LogP contribution in [0.3, 0.4) is 0 Å². The fourth-order valence-corrected chi connectivity index (χ4v) is 9.41. The highest BCUT2D eigenvalue weighted by molar-refractivity contribution is 5.94. The summed E-state index contributed by atoms with van der Waals surface area (Å²) in [5, 5.41) is 10.2. The average molecular weight is 429 g/mol. The van der Waals surface area contributed by atoms with Crippen molar-refractivity contribution in [2.45, 2.75) is 97.1 Å². The van der Waals surface area contributed by atoms with Gasteiger partial charge in [0.15, 0.2) is 11.6 Å². The molecule has 2 heterocycles. The molecule has 1 spiro atoms. The maximum absolute atomic E-state index is 13.5. The SMILES string of the molecule is C[C@@H]1CC[C@@]2(OC1)O[C@H]1C[C@H]3[C@@H]4C(=O)C=C5C[C@@H](O)CC[C@]5(C)[C@H]4CC[C@]3(C)[C@H]1[C@@H]2C. The number of aliphatic hydroxyl groups is 1. The second-order valence-electron chi connectivity index (χ2n) is 12.6. The Morgan fingerprint density at radius 2 is 1.87 bits per heavy atom. The molecule has 0 aromatic rings. The van der Waals surface area contributed by atoms with E-state index in [0.29, 0.717) is 41.8 Å². The Morgan fingerprint density at radius 1 is 1.06 bits per heavy atom. The van der Waals surface area contributed by atoms with Gasteiger partial charge in [0.2, 0.25) is 0 Å². The van der Waals surface area contributed by atoms with Crippen molar-refractivity contribution in [3.05, 3.63) is 11.6 Å². The molecule has 6 aliphatic rings. The topological polar surface area (TPSA) is 55.8 Å². The van der Waals surface area contributed by atoms with Crippen LogP contribution in [0.1, 0.15) is 79.1 Å². The Hall–Kier alpha value is -0.710. The monoisotopic (exact) mass is 428 g/mol. The van der Waals surface area contributed by atoms with E-state index in [1.165, 1.54) is 18.4 Å². The van der Waals surface area contributed by atoms with Gasteiger partial charge in [-0.05, 0) is 85.5 Å². The van der Waals surface area contributed by atoms with Crippen molar-refractivity contribution in [3.8, 4) is 0 Å². The van der Waals surface area contributed by atoms with Crippen LogP contribution in [0.5, 0.6) is 0 Å². The number of rotatable bonds is 0. The van der Waals surface area contributed by atoms with Crippen LogP contribution in [0, 0.1) is 46.3 Å². The van der Waals surface area contributed by atoms with E-state index >= 15 is 0 Å². The fourth-order valence-electron chi connectivity index (χ4n) is 9.41. The number of carbonyl (C=O) groups excluding carboxylic acids is 1. The van der Waals surface area contributed by atoms with E-state index in [0.717, 1.165) is 38.7 Å². The number of fused-ring (bicyclic) bond motifs is 7. The summed E-state index contributed by atoms with van der Waals surface area (Å²) >= 11 is 0. The summed E-state index contributed by atoms with van der Waals surface area (Å²) in [6, 6.07) is 0. The maximum atomic E-state index is 13.5. The van der Waals surface area contributed by atoms with Gasteiger partial charge >= 0.3 is 0 Å². The van der Waals surface area contributed by atoms with Crippen molar-refractivity contribution in [1.29, 1.82) is 0 Å². The number of ether oxygens (including phenoxy) is 2. The summed E-state index contributed by atoms with van der Waals surface area (Å²) in [7, 11) is 0. The normalized spacial score (nSPS) is 58.4. The molecule has 172 valence electrons. The zero-order chi connectivity index (χ0) is 21.8. The van der Waals surface area contributed by atoms with Crippen LogP contribution in [0.15, 0.2) is 11.6 Å². The van der Waals surface area contributed by atoms with Gasteiger partial charge in [0.1, 0.15) is 0 Å². The predicted octanol–water partition coefficient (Wildman–Crippen LogP) is 4.89. The molecule has 0 aromatic heterocycles. The van der Waals surface area contributed by atoms with Crippen molar-refractivity contribution < 1.29 is 19.4 Å². The highest BCUT2D eigenvalue weighted by atomic mass is 16.7. The molecule has 0 unspecified atom stereocenters. The molecule has 0 aromatic carbocycles. The Morgan fingerprint density at radius 3 is 2.61 bits per heavy atom. The largest absolute Gasteiger partial charge is 0.393 e. The van der Waals surface area contributed by atoms with Crippen LogP contribution in [0.4, 0.5) is 0 Å². The third-order valence-corrected chi connectivity index (χ3v) is 11.2. The van der Waals surface area contributed by atoms with E-state index < -0.39 is 0 Å². The quantitative estimate of drug-likeness (QED) is 0.597. The van der Waals surface area contributed by atoms with Crippen LogP contribution in [0.25, 0.3) is 0 Å². The zero-order valence-electron chi connectivity index (χ0n) is 19.7. The van der Waals surface area contributed by atoms with Gasteiger partial charge in [-0.25, -0.2) is 0 Å². The van der Waals surface area contributed by atoms with Gasteiger partial charge < -0.3 is 14.6 Å². The molecule has 0 radical (unpaired) electrons. The average Bonchev–Trinajstić information content (AvgIpc) is 3.16. The third-order valence-electron chi connectivity index (χ3n) is 11.2. The van der Waals surface area contributed by atoms with E-state index in [1.54, 1.807) is 0 Å². The summed E-state index contributed by atoms with van der Waals surface area (Å²) < 4.78 is 13.2. The first kappa shape index (κ1) is 20.9. The number of hydrogen-bond acceptors (Lipinski definition) is 4. The molecular formula is C27H40O4. The summed E-state index contributed by atoms with van der Waals surface area (Å²) in [5.74, 6) is 2.43. The molecule has 6 rings (SSSR count). The van der Waals surface area contributed by atoms with Crippen LogP contribution in [-0.2, 0) is 14.3 Å². The van der Waals surface area contributed by atoms with Crippen molar-refractivity contribution in [2.75, 3.05) is 6.61 Å². The molecule has 2 saturated heterocycles. The molecule has 4 heteroatoms. The van der Waals surface area contributed by atoms with Gasteiger partial charge in [-0.1, -0.05) is 33.3 Å². The molecule has 4 nitrogen and oxygen atoms in total. The van der Waals surface area contributed by atoms with Gasteiger partial charge in [0.25, 0.3) is 0 Å². The minimum atomic E-state index is -0.387. The second-order valence-corrected chi connectivity index (χ2v) is 12.6. The van der Waals surface area contributed by atoms with Crippen molar-refractivity contribution >= 4 is 5.78 Å². The highest BCUT2D eigenvalue weighted by Crippen LogP contribution is 2.70. The van der Waals surface area contributed by atoms with Crippen LogP contribution in [-0.4, -0.2) is 35.5 Å². The van der Waals surface area contributed by atoms with Crippen molar-refractivity contribution in [1.82, 2.24) is 0 Å². The first-order valence-corrected chi connectivity index (χ1v) is 12.9. The molecule has 5 fully saturated rings. The number of allylic oxidation sites excluding steroid dienone is 1. The summed E-state index contributed by atoms with van der Waals surface area (Å²) in [6.07, 6.45) is 10.0. The van der Waals surface area contributed by atoms with E-state index in [-0.39, 0.29) is 34.7 Å². The lowest BCUT2D eigenvalue weighted by Crippen LogP contribution is -2.54. The smallest absolute Gasteiger partial charge is 0.171 e. The lowest BCUT2D eigenvalue weighted by Gasteiger charge is -2.57. The number of hydrogen-bond donors (Lipinski definition) is 1. The minimum absolute atomic E-state index is 0.0904. The summed E-state index contributed by atoms with van der Waals surface area (Å²) in [4.78, 5) is 13.5. The Kier molecular flexibility index (Phi) is 4.49. The van der Waals surface area contributed by atoms with E-state index in [9.17, 15) is 9.90 Å². The van der Waals surface area contributed by atoms with E-state index in [2.05, 4.69) is 27.7 Å². The number of aliphatic hydroxyl groups excluding tert-OH is 1. The van der Waals surface area contributed by atoms with E-state index in [4.69, 9.17) is 9.47 Å². The van der Waals surface area contributed by atoms with E-state index in [1.807, 2.05) is 6.08 Å². The molecule has 1 N–H and O–H groups in total. The predicted molar refractivity (Wildman–Crippen MR) is 118 cm³/mol.